The fourth-order valence-electron chi connectivity index (χ4n) is 2.67. The van der Waals surface area contributed by atoms with Crippen LogP contribution in [0.5, 0.6) is 0 Å². The summed E-state index contributed by atoms with van der Waals surface area (Å²) in [6.07, 6.45) is 2.16. The minimum absolute atomic E-state index is 0.0401. The number of esters is 2. The van der Waals surface area contributed by atoms with Gasteiger partial charge in [-0.1, -0.05) is 0 Å². The van der Waals surface area contributed by atoms with E-state index in [9.17, 15) is 14.4 Å². The van der Waals surface area contributed by atoms with E-state index < -0.39 is 23.5 Å². The quantitative estimate of drug-likeness (QED) is 0.436. The highest BCUT2D eigenvalue weighted by molar-refractivity contribution is 5.94. The lowest BCUT2D eigenvalue weighted by molar-refractivity contribution is -0.159. The van der Waals surface area contributed by atoms with Crippen molar-refractivity contribution in [2.24, 2.45) is 5.92 Å². The van der Waals surface area contributed by atoms with E-state index in [0.29, 0.717) is 13.0 Å². The van der Waals surface area contributed by atoms with Gasteiger partial charge in [-0.05, 0) is 46.5 Å². The fourth-order valence-corrected chi connectivity index (χ4v) is 2.67. The first-order valence-corrected chi connectivity index (χ1v) is 7.85. The number of likely N-dealkylation sites (tertiary alicyclic amines) is 1. The third-order valence-corrected chi connectivity index (χ3v) is 3.77. The largest absolute Gasteiger partial charge is 0.468 e. The molecule has 1 unspecified atom stereocenters. The average molecular weight is 329 g/mol. The molecule has 0 aromatic rings. The third-order valence-electron chi connectivity index (χ3n) is 3.77. The summed E-state index contributed by atoms with van der Waals surface area (Å²) >= 11 is 0. The topological polar surface area (TPSA) is 82.1 Å². The lowest BCUT2D eigenvalue weighted by atomic mass is 9.99. The van der Waals surface area contributed by atoms with Crippen molar-refractivity contribution < 1.29 is 28.6 Å². The van der Waals surface area contributed by atoms with E-state index in [-0.39, 0.29) is 18.6 Å². The summed E-state index contributed by atoms with van der Waals surface area (Å²) in [6.45, 7) is 6.09. The summed E-state index contributed by atoms with van der Waals surface area (Å²) in [5, 5.41) is 0. The van der Waals surface area contributed by atoms with Gasteiger partial charge in [-0.3, -0.25) is 9.59 Å². The molecule has 1 aliphatic rings. The molecule has 1 amide bonds. The Kier molecular flexibility index (Phi) is 6.84. The molecule has 23 heavy (non-hydrogen) atoms. The average Bonchev–Trinajstić information content (AvgIpc) is 2.93. The molecule has 0 aromatic carbocycles. The normalized spacial score (nSPS) is 18.0. The molecular weight excluding hydrogens is 302 g/mol. The minimum atomic E-state index is -0.953. The zero-order valence-electron chi connectivity index (χ0n) is 14.6. The Hall–Kier alpha value is -1.79. The second-order valence-corrected chi connectivity index (χ2v) is 6.65. The van der Waals surface area contributed by atoms with Crippen LogP contribution in [0.15, 0.2) is 0 Å². The molecule has 7 nitrogen and oxygen atoms in total. The number of hydrogen-bond acceptors (Lipinski definition) is 6. The van der Waals surface area contributed by atoms with E-state index in [0.717, 1.165) is 12.8 Å². The van der Waals surface area contributed by atoms with E-state index in [1.807, 2.05) is 20.8 Å². The maximum Gasteiger partial charge on any atom is 0.410 e. The summed E-state index contributed by atoms with van der Waals surface area (Å²) in [4.78, 5) is 37.3. The van der Waals surface area contributed by atoms with Crippen molar-refractivity contribution in [3.63, 3.8) is 0 Å². The Balaban J connectivity index is 2.65. The van der Waals surface area contributed by atoms with Crippen LogP contribution in [0.3, 0.4) is 0 Å². The highest BCUT2D eigenvalue weighted by atomic mass is 16.6. The lowest BCUT2D eigenvalue weighted by Crippen LogP contribution is -2.40. The molecule has 0 aromatic heterocycles. The first kappa shape index (κ1) is 19.3. The lowest BCUT2D eigenvalue weighted by Gasteiger charge is -2.29. The molecule has 0 N–H and O–H groups in total. The van der Waals surface area contributed by atoms with Crippen LogP contribution >= 0.6 is 0 Å². The van der Waals surface area contributed by atoms with Gasteiger partial charge in [-0.2, -0.15) is 0 Å². The number of methoxy groups -OCH3 is 2. The van der Waals surface area contributed by atoms with Gasteiger partial charge >= 0.3 is 18.0 Å². The Labute approximate surface area is 137 Å². The predicted molar refractivity (Wildman–Crippen MR) is 82.7 cm³/mol. The molecule has 7 heteroatoms. The maximum atomic E-state index is 12.2. The summed E-state index contributed by atoms with van der Waals surface area (Å²) in [5.41, 5.74) is -0.551. The SMILES string of the molecule is COC(=O)C(CCC1CCCN1C(=O)OC(C)(C)C)C(=O)OC. The van der Waals surface area contributed by atoms with E-state index in [2.05, 4.69) is 9.47 Å². The Morgan fingerprint density at radius 3 is 2.17 bits per heavy atom. The van der Waals surface area contributed by atoms with E-state index in [1.165, 1.54) is 14.2 Å². The van der Waals surface area contributed by atoms with Crippen molar-refractivity contribution in [2.75, 3.05) is 20.8 Å². The zero-order valence-corrected chi connectivity index (χ0v) is 14.6. The van der Waals surface area contributed by atoms with Gasteiger partial charge in [0.2, 0.25) is 0 Å². The molecule has 1 saturated heterocycles. The van der Waals surface area contributed by atoms with Gasteiger partial charge in [-0.25, -0.2) is 4.79 Å². The van der Waals surface area contributed by atoms with E-state index >= 15 is 0 Å². The number of carbonyl (C=O) groups is 3. The number of amides is 1. The maximum absolute atomic E-state index is 12.2. The van der Waals surface area contributed by atoms with Crippen molar-refractivity contribution in [3.8, 4) is 0 Å². The molecule has 0 aliphatic carbocycles. The molecule has 0 radical (unpaired) electrons. The standard InChI is InChI=1S/C16H27NO6/c1-16(2,3)23-15(20)17-10-6-7-11(17)8-9-12(13(18)21-4)14(19)22-5/h11-12H,6-10H2,1-5H3. The number of nitrogens with zero attached hydrogens (tertiary/aromatic N) is 1. The van der Waals surface area contributed by atoms with Crippen LogP contribution in [-0.2, 0) is 23.8 Å². The number of rotatable bonds is 5. The highest BCUT2D eigenvalue weighted by Gasteiger charge is 2.35. The van der Waals surface area contributed by atoms with Gasteiger partial charge in [0.15, 0.2) is 5.92 Å². The van der Waals surface area contributed by atoms with Crippen LogP contribution in [0.25, 0.3) is 0 Å². The predicted octanol–water partition coefficient (Wildman–Crippen LogP) is 2.13. The van der Waals surface area contributed by atoms with Crippen LogP contribution in [0.2, 0.25) is 0 Å². The van der Waals surface area contributed by atoms with Gasteiger partial charge in [0.05, 0.1) is 14.2 Å². The van der Waals surface area contributed by atoms with Crippen LogP contribution in [-0.4, -0.2) is 55.3 Å². The Morgan fingerprint density at radius 1 is 1.13 bits per heavy atom. The third kappa shape index (κ3) is 5.73. The van der Waals surface area contributed by atoms with Crippen LogP contribution < -0.4 is 0 Å². The molecule has 132 valence electrons. The van der Waals surface area contributed by atoms with Crippen LogP contribution in [0.1, 0.15) is 46.5 Å². The summed E-state index contributed by atoms with van der Waals surface area (Å²) in [5.74, 6) is -2.18. The molecule has 1 rings (SSSR count). The molecule has 1 heterocycles. The monoisotopic (exact) mass is 329 g/mol. The Bertz CT molecular complexity index is 426. The molecule has 1 atom stereocenters. The molecular formula is C16H27NO6. The highest BCUT2D eigenvalue weighted by Crippen LogP contribution is 2.26. The van der Waals surface area contributed by atoms with Crippen molar-refractivity contribution in [1.29, 1.82) is 0 Å². The van der Waals surface area contributed by atoms with Gasteiger partial charge in [0.25, 0.3) is 0 Å². The zero-order chi connectivity index (χ0) is 17.6. The second-order valence-electron chi connectivity index (χ2n) is 6.65. The van der Waals surface area contributed by atoms with Crippen LogP contribution in [0, 0.1) is 5.92 Å². The summed E-state index contributed by atoms with van der Waals surface area (Å²) in [7, 11) is 2.47. The molecule has 0 spiro atoms. The van der Waals surface area contributed by atoms with Crippen molar-refractivity contribution in [2.45, 2.75) is 58.1 Å². The van der Waals surface area contributed by atoms with Gasteiger partial charge < -0.3 is 19.1 Å². The minimum Gasteiger partial charge on any atom is -0.468 e. The van der Waals surface area contributed by atoms with Gasteiger partial charge in [-0.15, -0.1) is 0 Å². The molecule has 0 bridgehead atoms. The number of ether oxygens (including phenoxy) is 3. The smallest absolute Gasteiger partial charge is 0.410 e. The van der Waals surface area contributed by atoms with Gasteiger partial charge in [0, 0.05) is 12.6 Å². The van der Waals surface area contributed by atoms with E-state index in [4.69, 9.17) is 4.74 Å². The van der Waals surface area contributed by atoms with Crippen molar-refractivity contribution in [3.05, 3.63) is 0 Å². The molecule has 0 saturated carbocycles. The Morgan fingerprint density at radius 2 is 1.70 bits per heavy atom. The van der Waals surface area contributed by atoms with Crippen molar-refractivity contribution >= 4 is 18.0 Å². The van der Waals surface area contributed by atoms with E-state index in [1.54, 1.807) is 4.90 Å². The molecule has 1 fully saturated rings. The first-order valence-electron chi connectivity index (χ1n) is 7.85. The number of carbonyl (C=O) groups excluding carboxylic acids is 3. The number of hydrogen-bond donors (Lipinski definition) is 0. The first-order chi connectivity index (χ1) is 10.7. The van der Waals surface area contributed by atoms with Crippen LogP contribution in [0.4, 0.5) is 4.79 Å². The summed E-state index contributed by atoms with van der Waals surface area (Å²) < 4.78 is 14.7. The van der Waals surface area contributed by atoms with Crippen molar-refractivity contribution in [1.82, 2.24) is 4.90 Å². The summed E-state index contributed by atoms with van der Waals surface area (Å²) in [6, 6.07) is -0.0401. The fraction of sp³-hybridized carbons (Fsp3) is 0.812. The second kappa shape index (κ2) is 8.17. The molecule has 1 aliphatic heterocycles. The van der Waals surface area contributed by atoms with Gasteiger partial charge in [0.1, 0.15) is 5.60 Å².